The zero-order chi connectivity index (χ0) is 17.5. The summed E-state index contributed by atoms with van der Waals surface area (Å²) in [6, 6.07) is 3.72. The lowest BCUT2D eigenvalue weighted by Crippen LogP contribution is -2.31. The molecule has 0 amide bonds. The van der Waals surface area contributed by atoms with Gasteiger partial charge >= 0.3 is 0 Å². The molecule has 24 heavy (non-hydrogen) atoms. The van der Waals surface area contributed by atoms with Gasteiger partial charge in [-0.05, 0) is 31.5 Å². The molecule has 0 aromatic heterocycles. The Morgan fingerprint density at radius 1 is 1.17 bits per heavy atom. The van der Waals surface area contributed by atoms with E-state index in [0.29, 0.717) is 23.9 Å². The summed E-state index contributed by atoms with van der Waals surface area (Å²) >= 11 is 3.53. The van der Waals surface area contributed by atoms with Crippen molar-refractivity contribution in [2.75, 3.05) is 14.2 Å². The summed E-state index contributed by atoms with van der Waals surface area (Å²) in [5, 5.41) is 0. The number of hydrogen-bond donors (Lipinski definition) is 0. The second-order valence-electron chi connectivity index (χ2n) is 6.08. The first-order chi connectivity index (χ1) is 11.3. The molecular weight excluding hydrogens is 380 g/mol. The Bertz CT molecular complexity index is 644. The molecule has 0 aliphatic carbocycles. The summed E-state index contributed by atoms with van der Waals surface area (Å²) in [4.78, 5) is 0. The highest BCUT2D eigenvalue weighted by Crippen LogP contribution is 2.40. The second-order valence-corrected chi connectivity index (χ2v) is 6.94. The fraction of sp³-hybridized carbons (Fsp3) is 0.529. The molecule has 132 valence electrons. The van der Waals surface area contributed by atoms with E-state index in [1.165, 1.54) is 0 Å². The zero-order valence-electron chi connectivity index (χ0n) is 14.1. The lowest BCUT2D eigenvalue weighted by atomic mass is 10.2. The molecule has 2 saturated heterocycles. The third-order valence-electron chi connectivity index (χ3n) is 3.94. The van der Waals surface area contributed by atoms with Crippen LogP contribution in [0.5, 0.6) is 11.5 Å². The van der Waals surface area contributed by atoms with E-state index in [1.54, 1.807) is 14.2 Å². The summed E-state index contributed by atoms with van der Waals surface area (Å²) in [6.07, 6.45) is -1.20. The molecule has 2 aliphatic heterocycles. The number of hydrogen-bond acceptors (Lipinski definition) is 6. The maximum Gasteiger partial charge on any atom is 0.231 e. The molecule has 3 rings (SSSR count). The quantitative estimate of drug-likeness (QED) is 0.754. The first-order valence-electron chi connectivity index (χ1n) is 7.57. The molecule has 0 N–H and O–H groups in total. The van der Waals surface area contributed by atoms with Gasteiger partial charge in [0.2, 0.25) is 6.29 Å². The molecule has 2 aliphatic rings. The van der Waals surface area contributed by atoms with Gasteiger partial charge in [-0.15, -0.1) is 0 Å². The maximum atomic E-state index is 6.01. The second kappa shape index (κ2) is 6.55. The minimum Gasteiger partial charge on any atom is -0.493 e. The van der Waals surface area contributed by atoms with Gasteiger partial charge in [0.25, 0.3) is 0 Å². The summed E-state index contributed by atoms with van der Waals surface area (Å²) in [5.74, 6) is 1.11. The zero-order valence-corrected chi connectivity index (χ0v) is 15.7. The lowest BCUT2D eigenvalue weighted by Gasteiger charge is -2.22. The summed E-state index contributed by atoms with van der Waals surface area (Å²) in [6.45, 7) is 7.93. The Morgan fingerprint density at radius 3 is 2.50 bits per heavy atom. The molecule has 0 bridgehead atoms. The van der Waals surface area contributed by atoms with Crippen molar-refractivity contribution in [3.05, 3.63) is 34.5 Å². The molecule has 1 aromatic carbocycles. The van der Waals surface area contributed by atoms with Crippen LogP contribution in [0.15, 0.2) is 28.9 Å². The Balaban J connectivity index is 1.73. The fourth-order valence-corrected chi connectivity index (χ4v) is 3.26. The highest BCUT2D eigenvalue weighted by molar-refractivity contribution is 9.10. The van der Waals surface area contributed by atoms with Gasteiger partial charge in [-0.2, -0.15) is 0 Å². The van der Waals surface area contributed by atoms with E-state index >= 15 is 0 Å². The van der Waals surface area contributed by atoms with Crippen molar-refractivity contribution in [3.63, 3.8) is 0 Å². The van der Waals surface area contributed by atoms with E-state index in [9.17, 15) is 0 Å². The predicted octanol–water partition coefficient (Wildman–Crippen LogP) is 3.37. The smallest absolute Gasteiger partial charge is 0.231 e. The van der Waals surface area contributed by atoms with Crippen molar-refractivity contribution in [3.8, 4) is 11.5 Å². The van der Waals surface area contributed by atoms with Gasteiger partial charge in [0.1, 0.15) is 11.9 Å². The molecule has 0 spiro atoms. The monoisotopic (exact) mass is 400 g/mol. The predicted molar refractivity (Wildman–Crippen MR) is 89.9 cm³/mol. The first-order valence-corrected chi connectivity index (χ1v) is 8.37. The molecule has 6 nitrogen and oxygen atoms in total. The van der Waals surface area contributed by atoms with Crippen molar-refractivity contribution < 1.29 is 28.4 Å². The largest absolute Gasteiger partial charge is 0.493 e. The molecule has 0 unspecified atom stereocenters. The highest BCUT2D eigenvalue weighted by atomic mass is 79.9. The van der Waals surface area contributed by atoms with E-state index in [4.69, 9.17) is 28.4 Å². The number of methoxy groups -OCH3 is 2. The van der Waals surface area contributed by atoms with Crippen LogP contribution in [0.3, 0.4) is 0 Å². The normalized spacial score (nSPS) is 27.7. The molecule has 3 atom stereocenters. The van der Waals surface area contributed by atoms with Crippen LogP contribution in [0.25, 0.3) is 0 Å². The molecule has 7 heteroatoms. The van der Waals surface area contributed by atoms with Crippen LogP contribution in [0.1, 0.15) is 19.4 Å². The number of rotatable bonds is 5. The van der Waals surface area contributed by atoms with E-state index in [1.807, 2.05) is 26.0 Å². The Hall–Kier alpha value is -1.28. The van der Waals surface area contributed by atoms with Gasteiger partial charge in [0.15, 0.2) is 23.4 Å². The number of benzene rings is 1. The van der Waals surface area contributed by atoms with Crippen LogP contribution < -0.4 is 9.47 Å². The van der Waals surface area contributed by atoms with Crippen LogP contribution >= 0.6 is 15.9 Å². The van der Waals surface area contributed by atoms with Gasteiger partial charge in [0, 0.05) is 4.47 Å². The van der Waals surface area contributed by atoms with Crippen LogP contribution in [0, 0.1) is 0 Å². The Kier molecular flexibility index (Phi) is 4.79. The molecule has 2 heterocycles. The standard InChI is InChI=1S/C17H21BrO6/c1-9-14(15-16(22-9)24-17(2,3)23-15)21-8-10-6-12(19-4)13(20-5)7-11(10)18/h6-7,14-16H,1,8H2,2-5H3/t14-,15+,16+/m0/s1. The van der Waals surface area contributed by atoms with Gasteiger partial charge in [-0.25, -0.2) is 0 Å². The van der Waals surface area contributed by atoms with E-state index in [-0.39, 0.29) is 6.10 Å². The van der Waals surface area contributed by atoms with Crippen LogP contribution in [-0.4, -0.2) is 38.5 Å². The van der Waals surface area contributed by atoms with E-state index in [0.717, 1.165) is 10.0 Å². The average Bonchev–Trinajstić information content (AvgIpc) is 2.96. The molecule has 0 radical (unpaired) electrons. The third-order valence-corrected chi connectivity index (χ3v) is 4.68. The fourth-order valence-electron chi connectivity index (χ4n) is 2.83. The van der Waals surface area contributed by atoms with Gasteiger partial charge in [0.05, 0.1) is 20.8 Å². The minimum atomic E-state index is -0.693. The lowest BCUT2D eigenvalue weighted by molar-refractivity contribution is -0.191. The van der Waals surface area contributed by atoms with Crippen molar-refractivity contribution in [1.29, 1.82) is 0 Å². The molecule has 1 aromatic rings. The van der Waals surface area contributed by atoms with Crippen molar-refractivity contribution in [1.82, 2.24) is 0 Å². The van der Waals surface area contributed by atoms with Crippen LogP contribution in [0.4, 0.5) is 0 Å². The Labute approximate surface area is 149 Å². The summed E-state index contributed by atoms with van der Waals surface area (Å²) in [7, 11) is 3.19. The molecular formula is C17H21BrO6. The van der Waals surface area contributed by atoms with Crippen molar-refractivity contribution >= 4 is 15.9 Å². The van der Waals surface area contributed by atoms with Crippen LogP contribution in [-0.2, 0) is 25.6 Å². The van der Waals surface area contributed by atoms with Gasteiger partial charge < -0.3 is 28.4 Å². The maximum absolute atomic E-state index is 6.01. The van der Waals surface area contributed by atoms with Gasteiger partial charge in [-0.1, -0.05) is 22.5 Å². The van der Waals surface area contributed by atoms with Crippen molar-refractivity contribution in [2.45, 2.75) is 44.7 Å². The molecule has 0 saturated carbocycles. The van der Waals surface area contributed by atoms with Gasteiger partial charge in [-0.3, -0.25) is 0 Å². The average molecular weight is 401 g/mol. The topological polar surface area (TPSA) is 55.4 Å². The minimum absolute atomic E-state index is 0.327. The third kappa shape index (κ3) is 3.26. The van der Waals surface area contributed by atoms with Crippen molar-refractivity contribution in [2.24, 2.45) is 0 Å². The van der Waals surface area contributed by atoms with Crippen LogP contribution in [0.2, 0.25) is 0 Å². The number of ether oxygens (including phenoxy) is 6. The SMILES string of the molecule is C=C1O[C@@H]2OC(C)(C)O[C@@H]2[C@H]1OCc1cc(OC)c(OC)cc1Br. The van der Waals surface area contributed by atoms with E-state index in [2.05, 4.69) is 22.5 Å². The highest BCUT2D eigenvalue weighted by Gasteiger charge is 2.53. The summed E-state index contributed by atoms with van der Waals surface area (Å²) in [5.41, 5.74) is 0.919. The molecule has 2 fully saturated rings. The Morgan fingerprint density at radius 2 is 1.83 bits per heavy atom. The first kappa shape index (κ1) is 17.5. The van der Waals surface area contributed by atoms with E-state index < -0.39 is 18.2 Å². The number of halogens is 1. The number of fused-ring (bicyclic) bond motifs is 1. The summed E-state index contributed by atoms with van der Waals surface area (Å²) < 4.78 is 34.6.